The fourth-order valence-corrected chi connectivity index (χ4v) is 4.97. The molecular formula is C24H26NO8+. The molecule has 0 saturated carbocycles. The van der Waals surface area contributed by atoms with E-state index in [1.165, 1.54) is 20.5 Å². The van der Waals surface area contributed by atoms with E-state index in [-0.39, 0.29) is 47.9 Å². The summed E-state index contributed by atoms with van der Waals surface area (Å²) in [4.78, 5) is 14.9. The molecule has 1 aromatic heterocycles. The highest BCUT2D eigenvalue weighted by Gasteiger charge is 2.39. The molecule has 2 aliphatic rings. The van der Waals surface area contributed by atoms with E-state index in [0.29, 0.717) is 28.2 Å². The van der Waals surface area contributed by atoms with Crippen LogP contribution in [0.15, 0.2) is 22.8 Å². The van der Waals surface area contributed by atoms with Crippen molar-refractivity contribution in [3.63, 3.8) is 0 Å². The largest absolute Gasteiger partial charge is 0.504 e. The van der Waals surface area contributed by atoms with Crippen LogP contribution in [0.3, 0.4) is 0 Å². The molecule has 0 aliphatic carbocycles. The van der Waals surface area contributed by atoms with Crippen molar-refractivity contribution in [1.29, 1.82) is 0 Å². The Bertz CT molecular complexity index is 1250. The molecule has 0 bridgehead atoms. The summed E-state index contributed by atoms with van der Waals surface area (Å²) in [6.07, 6.45) is 2.40. The third kappa shape index (κ3) is 3.14. The Balaban J connectivity index is 1.61. The summed E-state index contributed by atoms with van der Waals surface area (Å²) in [6.45, 7) is 0.970. The van der Waals surface area contributed by atoms with Crippen molar-refractivity contribution in [2.45, 2.75) is 18.9 Å². The van der Waals surface area contributed by atoms with Crippen LogP contribution in [0.4, 0.5) is 0 Å². The number of carbonyl (C=O) groups excluding carboxylic acids is 1. The topological polar surface area (TPSA) is 101 Å². The molecule has 2 aliphatic heterocycles. The predicted octanol–water partition coefficient (Wildman–Crippen LogP) is 2.28. The van der Waals surface area contributed by atoms with Gasteiger partial charge in [0, 0.05) is 6.42 Å². The molecule has 0 fully saturated rings. The van der Waals surface area contributed by atoms with Crippen LogP contribution in [0.5, 0.6) is 34.5 Å². The number of rotatable bonds is 6. The smallest absolute Gasteiger partial charge is 0.231 e. The first kappa shape index (κ1) is 21.3. The van der Waals surface area contributed by atoms with Gasteiger partial charge in [0.25, 0.3) is 0 Å². The lowest BCUT2D eigenvalue weighted by Gasteiger charge is -2.33. The maximum absolute atomic E-state index is 13.7. The lowest BCUT2D eigenvalue weighted by atomic mass is 9.87. The molecule has 9 heteroatoms. The fourth-order valence-electron chi connectivity index (χ4n) is 4.97. The fraction of sp³-hybridized carbons (Fsp3) is 0.375. The second kappa shape index (κ2) is 8.08. The third-order valence-electron chi connectivity index (χ3n) is 6.55. The zero-order valence-corrected chi connectivity index (χ0v) is 18.9. The summed E-state index contributed by atoms with van der Waals surface area (Å²) < 4.78 is 33.3. The molecule has 2 aromatic carbocycles. The van der Waals surface area contributed by atoms with E-state index in [1.807, 2.05) is 13.1 Å². The molecule has 0 saturated heterocycles. The molecule has 5 rings (SSSR count). The van der Waals surface area contributed by atoms with Crippen LogP contribution in [0.2, 0.25) is 0 Å². The molecule has 0 spiro atoms. The van der Waals surface area contributed by atoms with Gasteiger partial charge in [-0.25, -0.2) is 0 Å². The third-order valence-corrected chi connectivity index (χ3v) is 6.55. The van der Waals surface area contributed by atoms with Gasteiger partial charge in [-0.2, -0.15) is 0 Å². The Morgan fingerprint density at radius 1 is 1.15 bits per heavy atom. The van der Waals surface area contributed by atoms with Crippen LogP contribution in [-0.2, 0) is 6.42 Å². The Hall–Kier alpha value is -3.59. The Labute approximate surface area is 190 Å². The standard InChI is InChI=1S/C24H25NO8/c1-25-7-5-12-9-16-22(33-11-32-16)23(29-3)17(12)14(25)10-15(26)18-19(27)24(30-4)21-13(6-8-31-21)20(18)28-2/h6,8-9,14,27H,5,7,10-11H2,1-4H3/p+1/t14-/m1/s1. The molecule has 1 unspecified atom stereocenters. The van der Waals surface area contributed by atoms with Gasteiger partial charge in [-0.3, -0.25) is 4.79 Å². The minimum atomic E-state index is -0.298. The summed E-state index contributed by atoms with van der Waals surface area (Å²) in [7, 11) is 6.51. The van der Waals surface area contributed by atoms with E-state index in [4.69, 9.17) is 28.1 Å². The van der Waals surface area contributed by atoms with Gasteiger partial charge < -0.3 is 38.1 Å². The van der Waals surface area contributed by atoms with Gasteiger partial charge in [-0.15, -0.1) is 0 Å². The molecule has 2 N–H and O–H groups in total. The van der Waals surface area contributed by atoms with E-state index in [9.17, 15) is 9.90 Å². The number of phenols is 1. The highest BCUT2D eigenvalue weighted by molar-refractivity contribution is 6.09. The zero-order chi connectivity index (χ0) is 23.3. The molecule has 0 radical (unpaired) electrons. The number of fused-ring (bicyclic) bond motifs is 3. The number of Topliss-reactive ketones (excluding diaryl/α,β-unsaturated/α-hetero) is 1. The average molecular weight is 456 g/mol. The van der Waals surface area contributed by atoms with Gasteiger partial charge in [0.2, 0.25) is 18.3 Å². The van der Waals surface area contributed by atoms with E-state index in [1.54, 1.807) is 13.2 Å². The van der Waals surface area contributed by atoms with Crippen molar-refractivity contribution in [3.8, 4) is 34.5 Å². The van der Waals surface area contributed by atoms with Crippen molar-refractivity contribution in [3.05, 3.63) is 35.1 Å². The van der Waals surface area contributed by atoms with Crippen LogP contribution in [0.25, 0.3) is 11.0 Å². The summed E-state index contributed by atoms with van der Waals surface area (Å²) >= 11 is 0. The number of methoxy groups -OCH3 is 3. The number of ether oxygens (including phenoxy) is 5. The number of benzene rings is 2. The van der Waals surface area contributed by atoms with Gasteiger partial charge >= 0.3 is 0 Å². The van der Waals surface area contributed by atoms with E-state index < -0.39 is 0 Å². The number of furan rings is 1. The van der Waals surface area contributed by atoms with Crippen LogP contribution >= 0.6 is 0 Å². The average Bonchev–Trinajstić information content (AvgIpc) is 3.48. The molecule has 174 valence electrons. The number of carbonyl (C=O) groups is 1. The van der Waals surface area contributed by atoms with Crippen LogP contribution in [-0.4, -0.2) is 52.6 Å². The molecule has 3 aromatic rings. The Morgan fingerprint density at radius 2 is 1.91 bits per heavy atom. The zero-order valence-electron chi connectivity index (χ0n) is 18.9. The highest BCUT2D eigenvalue weighted by Crippen LogP contribution is 2.49. The Kier molecular flexibility index (Phi) is 5.20. The maximum Gasteiger partial charge on any atom is 0.231 e. The summed E-state index contributed by atoms with van der Waals surface area (Å²) in [5, 5.41) is 11.5. The van der Waals surface area contributed by atoms with Gasteiger partial charge in [-0.05, 0) is 17.7 Å². The number of phenolic OH excluding ortho intramolecular Hbond substituents is 1. The van der Waals surface area contributed by atoms with Crippen LogP contribution < -0.4 is 28.6 Å². The molecule has 3 heterocycles. The maximum atomic E-state index is 13.7. The Morgan fingerprint density at radius 3 is 2.64 bits per heavy atom. The number of nitrogens with one attached hydrogen (secondary N) is 1. The van der Waals surface area contributed by atoms with Gasteiger partial charge in [0.05, 0.1) is 58.6 Å². The van der Waals surface area contributed by atoms with Crippen molar-refractivity contribution < 1.29 is 42.9 Å². The van der Waals surface area contributed by atoms with Gasteiger partial charge in [0.1, 0.15) is 17.4 Å². The lowest BCUT2D eigenvalue weighted by Crippen LogP contribution is -3.10. The first-order valence-corrected chi connectivity index (χ1v) is 10.7. The highest BCUT2D eigenvalue weighted by atomic mass is 16.7. The van der Waals surface area contributed by atoms with Gasteiger partial charge in [0.15, 0.2) is 28.6 Å². The SMILES string of the molecule is COc1c2c(cc3c1[C@@H](CC(=O)c1c(O)c(OC)c4occc4c1OC)[NH+](C)CC3)OCO2. The number of likely N-dealkylation sites (N-methyl/N-ethyl adjacent to an activating group) is 1. The molecule has 33 heavy (non-hydrogen) atoms. The van der Waals surface area contributed by atoms with Crippen molar-refractivity contribution in [1.82, 2.24) is 0 Å². The van der Waals surface area contributed by atoms with Crippen molar-refractivity contribution in [2.24, 2.45) is 0 Å². The lowest BCUT2D eigenvalue weighted by molar-refractivity contribution is -0.913. The predicted molar refractivity (Wildman–Crippen MR) is 117 cm³/mol. The van der Waals surface area contributed by atoms with E-state index >= 15 is 0 Å². The van der Waals surface area contributed by atoms with Crippen LogP contribution in [0.1, 0.15) is 33.9 Å². The molecular weight excluding hydrogens is 430 g/mol. The van der Waals surface area contributed by atoms with Gasteiger partial charge in [-0.1, -0.05) is 0 Å². The number of aromatic hydroxyl groups is 1. The first-order chi connectivity index (χ1) is 16.0. The van der Waals surface area contributed by atoms with E-state index in [0.717, 1.165) is 29.0 Å². The summed E-state index contributed by atoms with van der Waals surface area (Å²) in [6, 6.07) is 3.44. The number of hydrogen-bond acceptors (Lipinski definition) is 8. The summed E-state index contributed by atoms with van der Waals surface area (Å²) in [5.74, 6) is 1.60. The number of quaternary nitrogens is 1. The second-order valence-corrected chi connectivity index (χ2v) is 8.20. The number of hydrogen-bond donors (Lipinski definition) is 2. The monoisotopic (exact) mass is 456 g/mol. The van der Waals surface area contributed by atoms with E-state index in [2.05, 4.69) is 0 Å². The normalized spacial score (nSPS) is 18.8. The number of ketones is 1. The van der Waals surface area contributed by atoms with Crippen molar-refractivity contribution in [2.75, 3.05) is 41.7 Å². The first-order valence-electron chi connectivity index (χ1n) is 10.7. The quantitative estimate of drug-likeness (QED) is 0.545. The summed E-state index contributed by atoms with van der Waals surface area (Å²) in [5.41, 5.74) is 2.39. The van der Waals surface area contributed by atoms with Crippen LogP contribution in [0, 0.1) is 0 Å². The second-order valence-electron chi connectivity index (χ2n) is 8.20. The van der Waals surface area contributed by atoms with Crippen molar-refractivity contribution >= 4 is 16.8 Å². The minimum absolute atomic E-state index is 0.0721. The molecule has 0 amide bonds. The molecule has 9 nitrogen and oxygen atoms in total. The molecule has 2 atom stereocenters. The minimum Gasteiger partial charge on any atom is -0.504 e.